The molecule has 0 N–H and O–H groups in total. The van der Waals surface area contributed by atoms with E-state index in [-0.39, 0.29) is 17.5 Å². The standard InChI is InChI=1S/C12H16O2.C2H6/c1-3-4-5-6-10-9(2)11(13)7-8-12(10)14;1-2/h4-6,9H,3,7-8H2,1-2H3;1-2H3/b5-4-,10-6+;. The van der Waals surface area contributed by atoms with E-state index in [1.165, 1.54) is 0 Å². The molecule has 0 heterocycles. The summed E-state index contributed by atoms with van der Waals surface area (Å²) in [6.07, 6.45) is 7.37. The number of hydrogen-bond donors (Lipinski definition) is 0. The summed E-state index contributed by atoms with van der Waals surface area (Å²) in [4.78, 5) is 22.9. The largest absolute Gasteiger partial charge is 0.299 e. The van der Waals surface area contributed by atoms with Crippen molar-refractivity contribution in [1.29, 1.82) is 0 Å². The van der Waals surface area contributed by atoms with E-state index < -0.39 is 0 Å². The second kappa shape index (κ2) is 8.03. The molecule has 2 nitrogen and oxygen atoms in total. The lowest BCUT2D eigenvalue weighted by molar-refractivity contribution is -0.128. The van der Waals surface area contributed by atoms with E-state index in [0.717, 1.165) is 6.42 Å². The monoisotopic (exact) mass is 222 g/mol. The first-order chi connectivity index (χ1) is 7.66. The van der Waals surface area contributed by atoms with Crippen LogP contribution in [0.1, 0.15) is 47.0 Å². The van der Waals surface area contributed by atoms with Gasteiger partial charge in [-0.15, -0.1) is 0 Å². The molecule has 2 heteroatoms. The Hall–Kier alpha value is -1.18. The van der Waals surface area contributed by atoms with Gasteiger partial charge < -0.3 is 0 Å². The molecule has 0 radical (unpaired) electrons. The average molecular weight is 222 g/mol. The minimum absolute atomic E-state index is 0.123. The number of rotatable bonds is 2. The van der Waals surface area contributed by atoms with Gasteiger partial charge in [0.1, 0.15) is 5.78 Å². The molecule has 0 aromatic carbocycles. The first kappa shape index (κ1) is 14.8. The summed E-state index contributed by atoms with van der Waals surface area (Å²) in [6, 6.07) is 0. The van der Waals surface area contributed by atoms with E-state index in [1.54, 1.807) is 6.08 Å². The molecule has 1 unspecified atom stereocenters. The van der Waals surface area contributed by atoms with E-state index in [1.807, 2.05) is 39.8 Å². The number of carbonyl (C=O) groups is 2. The van der Waals surface area contributed by atoms with Gasteiger partial charge in [-0.05, 0) is 6.42 Å². The van der Waals surface area contributed by atoms with E-state index >= 15 is 0 Å². The summed E-state index contributed by atoms with van der Waals surface area (Å²) in [5.74, 6) is 0.0938. The third-order valence-electron chi connectivity index (χ3n) is 2.52. The fourth-order valence-electron chi connectivity index (χ4n) is 1.56. The Balaban J connectivity index is 0.00000106. The topological polar surface area (TPSA) is 34.1 Å². The van der Waals surface area contributed by atoms with E-state index in [4.69, 9.17) is 0 Å². The number of Topliss-reactive ketones (excluding diaryl/α,β-unsaturated/α-hetero) is 2. The van der Waals surface area contributed by atoms with Gasteiger partial charge in [0.15, 0.2) is 5.78 Å². The molecule has 1 aliphatic rings. The molecule has 1 saturated carbocycles. The Morgan fingerprint density at radius 2 is 1.88 bits per heavy atom. The predicted molar refractivity (Wildman–Crippen MR) is 67.3 cm³/mol. The first-order valence-corrected chi connectivity index (χ1v) is 6.09. The van der Waals surface area contributed by atoms with Crippen molar-refractivity contribution in [2.75, 3.05) is 0 Å². The van der Waals surface area contributed by atoms with Crippen molar-refractivity contribution in [3.8, 4) is 0 Å². The molecular formula is C14H22O2. The smallest absolute Gasteiger partial charge is 0.160 e. The average Bonchev–Trinajstić information content (AvgIpc) is 2.31. The summed E-state index contributed by atoms with van der Waals surface area (Å²) in [7, 11) is 0. The highest BCUT2D eigenvalue weighted by Crippen LogP contribution is 2.23. The molecule has 0 bridgehead atoms. The van der Waals surface area contributed by atoms with E-state index in [2.05, 4.69) is 0 Å². The highest BCUT2D eigenvalue weighted by molar-refractivity contribution is 6.07. The van der Waals surface area contributed by atoms with Crippen molar-refractivity contribution >= 4 is 11.6 Å². The zero-order chi connectivity index (χ0) is 12.6. The minimum Gasteiger partial charge on any atom is -0.299 e. The lowest BCUT2D eigenvalue weighted by atomic mass is 9.83. The first-order valence-electron chi connectivity index (χ1n) is 6.09. The maximum Gasteiger partial charge on any atom is 0.160 e. The molecule has 0 spiro atoms. The summed E-state index contributed by atoms with van der Waals surface area (Å²) < 4.78 is 0. The number of carbonyl (C=O) groups excluding carboxylic acids is 2. The van der Waals surface area contributed by atoms with Crippen LogP contribution >= 0.6 is 0 Å². The molecule has 1 aliphatic carbocycles. The second-order valence-corrected chi connectivity index (χ2v) is 3.57. The number of allylic oxidation sites excluding steroid dienone is 4. The van der Waals surface area contributed by atoms with Crippen molar-refractivity contribution in [3.05, 3.63) is 23.8 Å². The third kappa shape index (κ3) is 4.13. The Morgan fingerprint density at radius 1 is 1.25 bits per heavy atom. The van der Waals surface area contributed by atoms with Gasteiger partial charge in [-0.25, -0.2) is 0 Å². The lowest BCUT2D eigenvalue weighted by Gasteiger charge is -2.18. The summed E-state index contributed by atoms with van der Waals surface area (Å²) in [5.41, 5.74) is 0.672. The van der Waals surface area contributed by atoms with Gasteiger partial charge in [-0.1, -0.05) is 45.9 Å². The molecule has 0 aromatic rings. The van der Waals surface area contributed by atoms with Gasteiger partial charge in [-0.2, -0.15) is 0 Å². The predicted octanol–water partition coefficient (Wildman–Crippen LogP) is 3.47. The molecule has 0 aromatic heterocycles. The Bertz CT molecular complexity index is 298. The second-order valence-electron chi connectivity index (χ2n) is 3.57. The van der Waals surface area contributed by atoms with Gasteiger partial charge in [0.2, 0.25) is 0 Å². The summed E-state index contributed by atoms with van der Waals surface area (Å²) >= 11 is 0. The third-order valence-corrected chi connectivity index (χ3v) is 2.52. The van der Waals surface area contributed by atoms with Gasteiger partial charge in [0.25, 0.3) is 0 Å². The SMILES string of the molecule is CC.CC/C=C\C=C1\C(=O)CCC(=O)C1C. The molecule has 90 valence electrons. The van der Waals surface area contributed by atoms with Crippen LogP contribution in [0.25, 0.3) is 0 Å². The zero-order valence-electron chi connectivity index (χ0n) is 10.7. The number of ketones is 2. The molecule has 16 heavy (non-hydrogen) atoms. The maximum atomic E-state index is 11.5. The van der Waals surface area contributed by atoms with Crippen LogP contribution in [-0.2, 0) is 9.59 Å². The number of hydrogen-bond acceptors (Lipinski definition) is 2. The molecule has 0 saturated heterocycles. The van der Waals surface area contributed by atoms with Crippen LogP contribution < -0.4 is 0 Å². The van der Waals surface area contributed by atoms with Crippen molar-refractivity contribution in [2.24, 2.45) is 5.92 Å². The highest BCUT2D eigenvalue weighted by atomic mass is 16.1. The normalized spacial score (nSPS) is 23.5. The Kier molecular flexibility index (Phi) is 7.44. The van der Waals surface area contributed by atoms with Gasteiger partial charge >= 0.3 is 0 Å². The van der Waals surface area contributed by atoms with Crippen molar-refractivity contribution in [3.63, 3.8) is 0 Å². The van der Waals surface area contributed by atoms with Crippen LogP contribution in [0, 0.1) is 5.92 Å². The Morgan fingerprint density at radius 3 is 2.44 bits per heavy atom. The highest BCUT2D eigenvalue weighted by Gasteiger charge is 2.27. The van der Waals surface area contributed by atoms with Crippen LogP contribution in [0.2, 0.25) is 0 Å². The van der Waals surface area contributed by atoms with Crippen LogP contribution in [0.4, 0.5) is 0 Å². The fourth-order valence-corrected chi connectivity index (χ4v) is 1.56. The Labute approximate surface area is 98.4 Å². The molecule has 1 fully saturated rings. The molecule has 1 atom stereocenters. The van der Waals surface area contributed by atoms with E-state index in [9.17, 15) is 9.59 Å². The summed E-state index contributed by atoms with van der Waals surface area (Å²) in [5, 5.41) is 0. The molecule has 0 amide bonds. The quantitative estimate of drug-likeness (QED) is 0.670. The van der Waals surface area contributed by atoms with Crippen molar-refractivity contribution in [2.45, 2.75) is 47.0 Å². The molecule has 1 rings (SSSR count). The zero-order valence-corrected chi connectivity index (χ0v) is 10.7. The van der Waals surface area contributed by atoms with Gasteiger partial charge in [-0.3, -0.25) is 9.59 Å². The maximum absolute atomic E-state index is 11.5. The molecule has 0 aliphatic heterocycles. The fraction of sp³-hybridized carbons (Fsp3) is 0.571. The van der Waals surface area contributed by atoms with Crippen LogP contribution in [0.3, 0.4) is 0 Å². The van der Waals surface area contributed by atoms with Gasteiger partial charge in [0, 0.05) is 24.3 Å². The van der Waals surface area contributed by atoms with Crippen LogP contribution in [0.5, 0.6) is 0 Å². The van der Waals surface area contributed by atoms with Crippen LogP contribution in [-0.4, -0.2) is 11.6 Å². The minimum atomic E-state index is -0.210. The van der Waals surface area contributed by atoms with Crippen LogP contribution in [0.15, 0.2) is 23.8 Å². The molecular weight excluding hydrogens is 200 g/mol. The van der Waals surface area contributed by atoms with Gasteiger partial charge in [0.05, 0.1) is 0 Å². The van der Waals surface area contributed by atoms with Crippen molar-refractivity contribution < 1.29 is 9.59 Å². The summed E-state index contributed by atoms with van der Waals surface area (Å²) in [6.45, 7) is 7.84. The van der Waals surface area contributed by atoms with E-state index in [0.29, 0.717) is 18.4 Å². The van der Waals surface area contributed by atoms with Crippen molar-refractivity contribution in [1.82, 2.24) is 0 Å². The lowest BCUT2D eigenvalue weighted by Crippen LogP contribution is -2.25.